The van der Waals surface area contributed by atoms with Crippen LogP contribution < -0.4 is 0 Å². The molecule has 0 saturated carbocycles. The summed E-state index contributed by atoms with van der Waals surface area (Å²) in [4.78, 5) is 25.3. The first-order chi connectivity index (χ1) is 10.5. The molecule has 1 fully saturated rings. The van der Waals surface area contributed by atoms with Crippen molar-refractivity contribution in [2.75, 3.05) is 18.1 Å². The molecule has 0 spiro atoms. The maximum Gasteiger partial charge on any atom is 0.305 e. The summed E-state index contributed by atoms with van der Waals surface area (Å²) in [6, 6.07) is 7.21. The minimum absolute atomic E-state index is 0.0297. The summed E-state index contributed by atoms with van der Waals surface area (Å²) in [5.41, 5.74) is 1.78. The molecule has 0 bridgehead atoms. The van der Waals surface area contributed by atoms with E-state index >= 15 is 0 Å². The first kappa shape index (κ1) is 15.0. The Kier molecular flexibility index (Phi) is 4.11. The fourth-order valence-electron chi connectivity index (χ4n) is 2.70. The third kappa shape index (κ3) is 2.97. The predicted molar refractivity (Wildman–Crippen MR) is 85.4 cm³/mol. The molecule has 2 heterocycles. The highest BCUT2D eigenvalue weighted by Crippen LogP contribution is 2.25. The number of aliphatic carboxylic acids is 1. The molecule has 0 radical (unpaired) electrons. The maximum atomic E-state index is 12.7. The Labute approximate surface area is 132 Å². The topological polar surface area (TPSA) is 70.8 Å². The highest BCUT2D eigenvalue weighted by molar-refractivity contribution is 7.99. The van der Waals surface area contributed by atoms with Crippen molar-refractivity contribution in [2.24, 2.45) is 0 Å². The molecule has 1 atom stereocenters. The SMILES string of the molecule is Cc1ccc2oc(C(=O)N3CCSCC3CC(=O)O)cc2c1. The van der Waals surface area contributed by atoms with Gasteiger partial charge in [0, 0.05) is 23.4 Å². The molecule has 0 aliphatic carbocycles. The number of nitrogens with zero attached hydrogens (tertiary/aromatic N) is 1. The fourth-order valence-corrected chi connectivity index (χ4v) is 3.76. The molecular weight excluding hydrogens is 302 g/mol. The Morgan fingerprint density at radius 1 is 1.41 bits per heavy atom. The van der Waals surface area contributed by atoms with Gasteiger partial charge < -0.3 is 14.4 Å². The van der Waals surface area contributed by atoms with Crippen LogP contribution in [0, 0.1) is 6.92 Å². The van der Waals surface area contributed by atoms with Crippen LogP contribution in [0.4, 0.5) is 0 Å². The van der Waals surface area contributed by atoms with Crippen LogP contribution in [0.25, 0.3) is 11.0 Å². The molecule has 1 aliphatic rings. The highest BCUT2D eigenvalue weighted by Gasteiger charge is 2.31. The normalized spacial score (nSPS) is 18.6. The lowest BCUT2D eigenvalue weighted by Gasteiger charge is -2.33. The second-order valence-electron chi connectivity index (χ2n) is 5.48. The van der Waals surface area contributed by atoms with Gasteiger partial charge in [-0.25, -0.2) is 0 Å². The highest BCUT2D eigenvalue weighted by atomic mass is 32.2. The monoisotopic (exact) mass is 319 g/mol. The van der Waals surface area contributed by atoms with Gasteiger partial charge in [-0.1, -0.05) is 11.6 Å². The molecule has 1 N–H and O–H groups in total. The van der Waals surface area contributed by atoms with Gasteiger partial charge in [0.2, 0.25) is 0 Å². The van der Waals surface area contributed by atoms with E-state index in [-0.39, 0.29) is 24.1 Å². The molecule has 5 nitrogen and oxygen atoms in total. The number of carboxylic acids is 1. The Bertz CT molecular complexity index is 724. The summed E-state index contributed by atoms with van der Waals surface area (Å²) < 4.78 is 5.65. The molecule has 1 aromatic heterocycles. The smallest absolute Gasteiger partial charge is 0.305 e. The number of amides is 1. The van der Waals surface area contributed by atoms with Crippen LogP contribution in [0.5, 0.6) is 0 Å². The predicted octanol–water partition coefficient (Wildman–Crippen LogP) is 2.77. The van der Waals surface area contributed by atoms with E-state index in [1.54, 1.807) is 22.7 Å². The van der Waals surface area contributed by atoms with Crippen molar-refractivity contribution in [1.82, 2.24) is 4.90 Å². The number of thioether (sulfide) groups is 1. The lowest BCUT2D eigenvalue weighted by atomic mass is 10.1. The zero-order valence-electron chi connectivity index (χ0n) is 12.2. The Hall–Kier alpha value is -1.95. The summed E-state index contributed by atoms with van der Waals surface area (Å²) in [5.74, 6) is 0.646. The van der Waals surface area contributed by atoms with Gasteiger partial charge in [0.1, 0.15) is 5.58 Å². The number of hydrogen-bond acceptors (Lipinski definition) is 4. The number of carboxylic acid groups (broad SMARTS) is 1. The van der Waals surface area contributed by atoms with Crippen LogP contribution in [0.2, 0.25) is 0 Å². The van der Waals surface area contributed by atoms with E-state index in [9.17, 15) is 9.59 Å². The summed E-state index contributed by atoms with van der Waals surface area (Å²) in [7, 11) is 0. The number of rotatable bonds is 3. The number of aryl methyl sites for hydroxylation is 1. The van der Waals surface area contributed by atoms with E-state index in [0.717, 1.165) is 16.7 Å². The Morgan fingerprint density at radius 3 is 3.00 bits per heavy atom. The second-order valence-corrected chi connectivity index (χ2v) is 6.63. The van der Waals surface area contributed by atoms with Crippen LogP contribution in [0.3, 0.4) is 0 Å². The summed E-state index contributed by atoms with van der Waals surface area (Å²) in [6.45, 7) is 2.54. The largest absolute Gasteiger partial charge is 0.481 e. The molecular formula is C16H17NO4S. The second kappa shape index (κ2) is 6.04. The summed E-state index contributed by atoms with van der Waals surface area (Å²) in [5, 5.41) is 9.90. The van der Waals surface area contributed by atoms with Crippen molar-refractivity contribution in [3.05, 3.63) is 35.6 Å². The maximum absolute atomic E-state index is 12.7. The molecule has 116 valence electrons. The van der Waals surface area contributed by atoms with Crippen LogP contribution >= 0.6 is 11.8 Å². The molecule has 1 aliphatic heterocycles. The quantitative estimate of drug-likeness (QED) is 0.942. The van der Waals surface area contributed by atoms with Gasteiger partial charge in [-0.15, -0.1) is 0 Å². The standard InChI is InChI=1S/C16H17NO4S/c1-10-2-3-13-11(6-10)7-14(21-13)16(20)17-4-5-22-9-12(17)8-15(18)19/h2-3,6-7,12H,4-5,8-9H2,1H3,(H,18,19). The van der Waals surface area contributed by atoms with Crippen LogP contribution in [0.15, 0.2) is 28.7 Å². The average molecular weight is 319 g/mol. The molecule has 1 saturated heterocycles. The van der Waals surface area contributed by atoms with Crippen molar-refractivity contribution < 1.29 is 19.1 Å². The van der Waals surface area contributed by atoms with E-state index in [0.29, 0.717) is 17.9 Å². The lowest BCUT2D eigenvalue weighted by molar-refractivity contribution is -0.138. The van der Waals surface area contributed by atoms with E-state index in [4.69, 9.17) is 9.52 Å². The number of furan rings is 1. The lowest BCUT2D eigenvalue weighted by Crippen LogP contribution is -2.47. The van der Waals surface area contributed by atoms with Gasteiger partial charge >= 0.3 is 5.97 Å². The van der Waals surface area contributed by atoms with E-state index in [2.05, 4.69) is 0 Å². The van der Waals surface area contributed by atoms with Crippen molar-refractivity contribution in [1.29, 1.82) is 0 Å². The molecule has 6 heteroatoms. The van der Waals surface area contributed by atoms with E-state index < -0.39 is 5.97 Å². The number of fused-ring (bicyclic) bond motifs is 1. The minimum Gasteiger partial charge on any atom is -0.481 e. The third-order valence-electron chi connectivity index (χ3n) is 3.78. The molecule has 22 heavy (non-hydrogen) atoms. The number of carbonyl (C=O) groups excluding carboxylic acids is 1. The molecule has 2 aromatic rings. The van der Waals surface area contributed by atoms with Crippen molar-refractivity contribution in [3.8, 4) is 0 Å². The summed E-state index contributed by atoms with van der Waals surface area (Å²) in [6.07, 6.45) is -0.0297. The van der Waals surface area contributed by atoms with Gasteiger partial charge in [-0.3, -0.25) is 9.59 Å². The molecule has 1 aromatic carbocycles. The van der Waals surface area contributed by atoms with Gasteiger partial charge in [0.25, 0.3) is 5.91 Å². The van der Waals surface area contributed by atoms with E-state index in [1.807, 2.05) is 25.1 Å². The van der Waals surface area contributed by atoms with Crippen molar-refractivity contribution in [2.45, 2.75) is 19.4 Å². The molecule has 3 rings (SSSR count). The third-order valence-corrected chi connectivity index (χ3v) is 4.87. The van der Waals surface area contributed by atoms with E-state index in [1.165, 1.54) is 0 Å². The zero-order valence-corrected chi connectivity index (χ0v) is 13.1. The van der Waals surface area contributed by atoms with Crippen LogP contribution in [-0.4, -0.2) is 46.0 Å². The van der Waals surface area contributed by atoms with Gasteiger partial charge in [-0.05, 0) is 25.1 Å². The number of carbonyl (C=O) groups is 2. The fraction of sp³-hybridized carbons (Fsp3) is 0.375. The van der Waals surface area contributed by atoms with Gasteiger partial charge in [0.15, 0.2) is 5.76 Å². The molecule has 1 unspecified atom stereocenters. The van der Waals surface area contributed by atoms with Gasteiger partial charge in [0.05, 0.1) is 12.5 Å². The number of benzene rings is 1. The van der Waals surface area contributed by atoms with Gasteiger partial charge in [-0.2, -0.15) is 11.8 Å². The summed E-state index contributed by atoms with van der Waals surface area (Å²) >= 11 is 1.68. The number of hydrogen-bond donors (Lipinski definition) is 1. The first-order valence-electron chi connectivity index (χ1n) is 7.15. The Morgan fingerprint density at radius 2 is 2.23 bits per heavy atom. The average Bonchev–Trinajstić information content (AvgIpc) is 2.89. The first-order valence-corrected chi connectivity index (χ1v) is 8.31. The van der Waals surface area contributed by atoms with Crippen molar-refractivity contribution >= 4 is 34.6 Å². The van der Waals surface area contributed by atoms with Crippen LogP contribution in [-0.2, 0) is 4.79 Å². The zero-order chi connectivity index (χ0) is 15.7. The van der Waals surface area contributed by atoms with Crippen LogP contribution in [0.1, 0.15) is 22.5 Å². The van der Waals surface area contributed by atoms with Crippen molar-refractivity contribution in [3.63, 3.8) is 0 Å². The Balaban J connectivity index is 1.87. The minimum atomic E-state index is -0.884. The molecule has 1 amide bonds.